The molecular weight excluding hydrogens is 344 g/mol. The Morgan fingerprint density at radius 3 is 2.50 bits per heavy atom. The number of carbonyl (C=O) groups is 1. The zero-order valence-corrected chi connectivity index (χ0v) is 13.9. The van der Waals surface area contributed by atoms with Crippen molar-refractivity contribution in [2.45, 2.75) is 5.75 Å². The smallest absolute Gasteiger partial charge is 0.251 e. The molecule has 2 aromatic rings. The minimum Gasteiger partial charge on any atom is -0.351 e. The molecule has 2 nitrogen and oxygen atoms in total. The van der Waals surface area contributed by atoms with Crippen LogP contribution in [0.3, 0.4) is 0 Å². The summed E-state index contributed by atoms with van der Waals surface area (Å²) in [6.45, 7) is 0.544. The van der Waals surface area contributed by atoms with Crippen LogP contribution in [0.1, 0.15) is 15.9 Å². The highest BCUT2D eigenvalue weighted by atomic mass is 35.5. The SMILES string of the molecule is O=C(NCCSCc1ccc(Cl)c(Cl)c1)c1ccc(F)cc1. The number of rotatable bonds is 6. The molecule has 0 heterocycles. The highest BCUT2D eigenvalue weighted by molar-refractivity contribution is 7.98. The Bertz CT molecular complexity index is 649. The minimum atomic E-state index is -0.353. The normalized spacial score (nSPS) is 10.5. The van der Waals surface area contributed by atoms with Crippen LogP contribution in [0.15, 0.2) is 42.5 Å². The van der Waals surface area contributed by atoms with Crippen LogP contribution >= 0.6 is 35.0 Å². The number of halogens is 3. The largest absolute Gasteiger partial charge is 0.351 e. The van der Waals surface area contributed by atoms with E-state index in [1.54, 1.807) is 17.8 Å². The first-order chi connectivity index (χ1) is 10.6. The van der Waals surface area contributed by atoms with Crippen molar-refractivity contribution in [3.63, 3.8) is 0 Å². The van der Waals surface area contributed by atoms with Gasteiger partial charge < -0.3 is 5.32 Å². The summed E-state index contributed by atoms with van der Waals surface area (Å²) in [5.41, 5.74) is 1.54. The maximum Gasteiger partial charge on any atom is 0.251 e. The minimum absolute atomic E-state index is 0.199. The number of nitrogens with one attached hydrogen (secondary N) is 1. The molecule has 0 unspecified atom stereocenters. The van der Waals surface area contributed by atoms with E-state index < -0.39 is 0 Å². The van der Waals surface area contributed by atoms with E-state index in [0.717, 1.165) is 17.1 Å². The quantitative estimate of drug-likeness (QED) is 0.752. The van der Waals surface area contributed by atoms with Gasteiger partial charge in [-0.25, -0.2) is 4.39 Å². The molecule has 1 N–H and O–H groups in total. The van der Waals surface area contributed by atoms with E-state index in [1.165, 1.54) is 24.3 Å². The molecule has 0 bridgehead atoms. The van der Waals surface area contributed by atoms with Gasteiger partial charge in [-0.2, -0.15) is 11.8 Å². The van der Waals surface area contributed by atoms with Gasteiger partial charge in [0, 0.05) is 23.6 Å². The van der Waals surface area contributed by atoms with Crippen LogP contribution in [0.25, 0.3) is 0 Å². The zero-order valence-electron chi connectivity index (χ0n) is 11.6. The van der Waals surface area contributed by atoms with E-state index in [2.05, 4.69) is 5.32 Å². The summed E-state index contributed by atoms with van der Waals surface area (Å²) in [4.78, 5) is 11.8. The third kappa shape index (κ3) is 5.20. The van der Waals surface area contributed by atoms with Crippen LogP contribution in [0.5, 0.6) is 0 Å². The second-order valence-electron chi connectivity index (χ2n) is 4.56. The Balaban J connectivity index is 1.69. The first-order valence-corrected chi connectivity index (χ1v) is 8.53. The summed E-state index contributed by atoms with van der Waals surface area (Å²) < 4.78 is 12.8. The standard InChI is InChI=1S/C16H14Cl2FNOS/c17-14-6-1-11(9-15(14)18)10-22-8-7-20-16(21)12-2-4-13(19)5-3-12/h1-6,9H,7-8,10H2,(H,20,21). The molecule has 0 spiro atoms. The molecule has 0 aliphatic rings. The van der Waals surface area contributed by atoms with Gasteiger partial charge in [-0.05, 0) is 42.0 Å². The second-order valence-corrected chi connectivity index (χ2v) is 6.48. The Kier molecular flexibility index (Phi) is 6.55. The van der Waals surface area contributed by atoms with Gasteiger partial charge in [-0.1, -0.05) is 29.3 Å². The Labute approximate surface area is 143 Å². The van der Waals surface area contributed by atoms with E-state index in [4.69, 9.17) is 23.2 Å². The summed E-state index contributed by atoms with van der Waals surface area (Å²) in [6, 6.07) is 11.0. The molecule has 22 heavy (non-hydrogen) atoms. The summed E-state index contributed by atoms with van der Waals surface area (Å²) >= 11 is 13.5. The predicted octanol–water partition coefficient (Wildman–Crippen LogP) is 4.80. The predicted molar refractivity (Wildman–Crippen MR) is 91.4 cm³/mol. The summed E-state index contributed by atoms with van der Waals surface area (Å²) in [7, 11) is 0. The van der Waals surface area contributed by atoms with Gasteiger partial charge in [-0.15, -0.1) is 0 Å². The van der Waals surface area contributed by atoms with E-state index in [9.17, 15) is 9.18 Å². The van der Waals surface area contributed by atoms with E-state index >= 15 is 0 Å². The first kappa shape index (κ1) is 17.1. The lowest BCUT2D eigenvalue weighted by Crippen LogP contribution is -2.25. The molecule has 2 rings (SSSR count). The Morgan fingerprint density at radius 1 is 1.09 bits per heavy atom. The maximum atomic E-state index is 12.8. The number of benzene rings is 2. The fraction of sp³-hybridized carbons (Fsp3) is 0.188. The Morgan fingerprint density at radius 2 is 1.82 bits per heavy atom. The van der Waals surface area contributed by atoms with Crippen LogP contribution in [0.4, 0.5) is 4.39 Å². The van der Waals surface area contributed by atoms with Gasteiger partial charge >= 0.3 is 0 Å². The molecule has 6 heteroatoms. The van der Waals surface area contributed by atoms with Gasteiger partial charge in [0.15, 0.2) is 0 Å². The monoisotopic (exact) mass is 357 g/mol. The molecule has 0 atom stereocenters. The van der Waals surface area contributed by atoms with Crippen molar-refractivity contribution >= 4 is 40.9 Å². The molecule has 0 aromatic heterocycles. The van der Waals surface area contributed by atoms with Gasteiger partial charge in [0.25, 0.3) is 5.91 Å². The average molecular weight is 358 g/mol. The third-order valence-corrected chi connectivity index (χ3v) is 4.66. The van der Waals surface area contributed by atoms with Crippen molar-refractivity contribution < 1.29 is 9.18 Å². The summed E-state index contributed by atoms with van der Waals surface area (Å²) in [6.07, 6.45) is 0. The molecule has 0 saturated carbocycles. The van der Waals surface area contributed by atoms with Crippen LogP contribution in [0, 0.1) is 5.82 Å². The molecule has 116 valence electrons. The lowest BCUT2D eigenvalue weighted by atomic mass is 10.2. The van der Waals surface area contributed by atoms with Gasteiger partial charge in [0.2, 0.25) is 0 Å². The first-order valence-electron chi connectivity index (χ1n) is 6.61. The number of carbonyl (C=O) groups excluding carboxylic acids is 1. The summed E-state index contributed by atoms with van der Waals surface area (Å²) in [5, 5.41) is 3.89. The van der Waals surface area contributed by atoms with Crippen LogP contribution in [0.2, 0.25) is 10.0 Å². The third-order valence-electron chi connectivity index (χ3n) is 2.89. The lowest BCUT2D eigenvalue weighted by Gasteiger charge is -2.06. The van der Waals surface area contributed by atoms with Crippen molar-refractivity contribution in [2.24, 2.45) is 0 Å². The van der Waals surface area contributed by atoms with Crippen LogP contribution < -0.4 is 5.32 Å². The van der Waals surface area contributed by atoms with Crippen molar-refractivity contribution in [3.05, 3.63) is 69.5 Å². The Hall–Kier alpha value is -1.23. The zero-order chi connectivity index (χ0) is 15.9. The fourth-order valence-electron chi connectivity index (χ4n) is 1.76. The molecule has 0 saturated heterocycles. The van der Waals surface area contributed by atoms with Gasteiger partial charge in [0.05, 0.1) is 10.0 Å². The highest BCUT2D eigenvalue weighted by Crippen LogP contribution is 2.24. The second kappa shape index (κ2) is 8.42. The van der Waals surface area contributed by atoms with Gasteiger partial charge in [-0.3, -0.25) is 4.79 Å². The van der Waals surface area contributed by atoms with Crippen molar-refractivity contribution in [3.8, 4) is 0 Å². The van der Waals surface area contributed by atoms with E-state index in [0.29, 0.717) is 22.2 Å². The van der Waals surface area contributed by atoms with Crippen molar-refractivity contribution in [1.82, 2.24) is 5.32 Å². The number of hydrogen-bond donors (Lipinski definition) is 1. The molecule has 1 amide bonds. The average Bonchev–Trinajstić information content (AvgIpc) is 2.51. The highest BCUT2D eigenvalue weighted by Gasteiger charge is 2.05. The summed E-state index contributed by atoms with van der Waals surface area (Å²) in [5.74, 6) is 1.01. The van der Waals surface area contributed by atoms with Crippen LogP contribution in [-0.4, -0.2) is 18.2 Å². The molecule has 0 aliphatic heterocycles. The fourth-order valence-corrected chi connectivity index (χ4v) is 2.89. The topological polar surface area (TPSA) is 29.1 Å². The molecule has 2 aromatic carbocycles. The molecular formula is C16H14Cl2FNOS. The van der Waals surface area contributed by atoms with E-state index in [1.807, 2.05) is 12.1 Å². The van der Waals surface area contributed by atoms with Crippen molar-refractivity contribution in [2.75, 3.05) is 12.3 Å². The van der Waals surface area contributed by atoms with E-state index in [-0.39, 0.29) is 11.7 Å². The molecule has 0 aliphatic carbocycles. The number of amides is 1. The van der Waals surface area contributed by atoms with Crippen molar-refractivity contribution in [1.29, 1.82) is 0 Å². The molecule has 0 radical (unpaired) electrons. The van der Waals surface area contributed by atoms with Gasteiger partial charge in [0.1, 0.15) is 5.82 Å². The number of thioether (sulfide) groups is 1. The van der Waals surface area contributed by atoms with Crippen LogP contribution in [-0.2, 0) is 5.75 Å². The molecule has 0 fully saturated rings. The maximum absolute atomic E-state index is 12.8. The number of hydrogen-bond acceptors (Lipinski definition) is 2. The lowest BCUT2D eigenvalue weighted by molar-refractivity contribution is 0.0956.